The number of nitrogens with one attached hydrogen (secondary N) is 1. The highest BCUT2D eigenvalue weighted by Gasteiger charge is 2.30. The first-order chi connectivity index (χ1) is 7.00. The van der Waals surface area contributed by atoms with E-state index in [1.54, 1.807) is 6.92 Å². The average Bonchev–Trinajstić information content (AvgIpc) is 2.28. The molecule has 0 aromatic rings. The number of piperazine rings is 1. The molecule has 1 aliphatic rings. The molecule has 0 aliphatic carbocycles. The Bertz CT molecular complexity index is 280. The van der Waals surface area contributed by atoms with E-state index in [4.69, 9.17) is 5.11 Å². The third kappa shape index (κ3) is 2.88. The zero-order chi connectivity index (χ0) is 11.5. The van der Waals surface area contributed by atoms with Crippen LogP contribution in [0.15, 0.2) is 0 Å². The predicted molar refractivity (Wildman–Crippen MR) is 57.7 cm³/mol. The van der Waals surface area contributed by atoms with Gasteiger partial charge in [0.2, 0.25) is 0 Å². The van der Waals surface area contributed by atoms with E-state index in [9.17, 15) is 8.42 Å². The Morgan fingerprint density at radius 2 is 2.00 bits per heavy atom. The Balaban J connectivity index is 2.72. The van der Waals surface area contributed by atoms with Crippen LogP contribution in [0.2, 0.25) is 0 Å². The largest absolute Gasteiger partial charge is 0.395 e. The quantitative estimate of drug-likeness (QED) is 0.621. The van der Waals surface area contributed by atoms with Gasteiger partial charge in [-0.2, -0.15) is 17.0 Å². The molecule has 0 saturated carbocycles. The second kappa shape index (κ2) is 5.22. The summed E-state index contributed by atoms with van der Waals surface area (Å²) in [5.41, 5.74) is 0. The minimum absolute atomic E-state index is 0.165. The van der Waals surface area contributed by atoms with E-state index in [1.165, 1.54) is 15.7 Å². The summed E-state index contributed by atoms with van der Waals surface area (Å²) < 4.78 is 26.7. The lowest BCUT2D eigenvalue weighted by atomic mass is 10.4. The topological polar surface area (TPSA) is 72.9 Å². The molecule has 6 nitrogen and oxygen atoms in total. The van der Waals surface area contributed by atoms with Crippen LogP contribution in [0.5, 0.6) is 0 Å². The first-order valence-corrected chi connectivity index (χ1v) is 6.44. The van der Waals surface area contributed by atoms with Gasteiger partial charge in [-0.3, -0.25) is 0 Å². The molecule has 1 heterocycles. The highest BCUT2D eigenvalue weighted by molar-refractivity contribution is 7.86. The van der Waals surface area contributed by atoms with Gasteiger partial charge in [-0.05, 0) is 6.92 Å². The van der Waals surface area contributed by atoms with Crippen LogP contribution in [0.3, 0.4) is 0 Å². The fourth-order valence-corrected chi connectivity index (χ4v) is 2.93. The van der Waals surface area contributed by atoms with Gasteiger partial charge >= 0.3 is 0 Å². The summed E-state index contributed by atoms with van der Waals surface area (Å²) in [6.45, 7) is 3.86. The van der Waals surface area contributed by atoms with Crippen molar-refractivity contribution in [2.75, 3.05) is 39.8 Å². The molecular formula is C8H19N3O3S. The number of aliphatic hydroxyl groups is 1. The molecule has 1 saturated heterocycles. The summed E-state index contributed by atoms with van der Waals surface area (Å²) in [5, 5.41) is 12.0. The maximum atomic E-state index is 12.0. The van der Waals surface area contributed by atoms with Crippen molar-refractivity contribution in [3.63, 3.8) is 0 Å². The van der Waals surface area contributed by atoms with Crippen LogP contribution in [0, 0.1) is 0 Å². The van der Waals surface area contributed by atoms with E-state index >= 15 is 0 Å². The lowest BCUT2D eigenvalue weighted by Crippen LogP contribution is -2.53. The van der Waals surface area contributed by atoms with Gasteiger partial charge in [0.05, 0.1) is 6.61 Å². The highest BCUT2D eigenvalue weighted by atomic mass is 32.2. The van der Waals surface area contributed by atoms with Crippen molar-refractivity contribution in [1.29, 1.82) is 0 Å². The highest BCUT2D eigenvalue weighted by Crippen LogP contribution is 2.10. The molecule has 15 heavy (non-hydrogen) atoms. The minimum Gasteiger partial charge on any atom is -0.395 e. The summed E-state index contributed by atoms with van der Waals surface area (Å²) in [7, 11) is -1.91. The van der Waals surface area contributed by atoms with Crippen LogP contribution in [0.1, 0.15) is 6.92 Å². The second-order valence-corrected chi connectivity index (χ2v) is 5.69. The van der Waals surface area contributed by atoms with Crippen LogP contribution < -0.4 is 5.32 Å². The number of rotatable bonds is 4. The van der Waals surface area contributed by atoms with Gasteiger partial charge in [0.15, 0.2) is 0 Å². The first-order valence-electron chi connectivity index (χ1n) is 5.05. The SMILES string of the molecule is CC(CO)N(C)S(=O)(=O)N1CCNCC1. The molecule has 7 heteroatoms. The summed E-state index contributed by atoms with van der Waals surface area (Å²) >= 11 is 0. The summed E-state index contributed by atoms with van der Waals surface area (Å²) in [6.07, 6.45) is 0. The Kier molecular flexibility index (Phi) is 4.47. The molecule has 0 spiro atoms. The van der Waals surface area contributed by atoms with E-state index < -0.39 is 10.2 Å². The zero-order valence-corrected chi connectivity index (χ0v) is 10.00. The number of hydrogen-bond acceptors (Lipinski definition) is 4. The van der Waals surface area contributed by atoms with Gasteiger partial charge in [-0.25, -0.2) is 0 Å². The number of likely N-dealkylation sites (N-methyl/N-ethyl adjacent to an activating group) is 1. The minimum atomic E-state index is -3.41. The molecule has 1 unspecified atom stereocenters. The molecule has 1 aliphatic heterocycles. The van der Waals surface area contributed by atoms with Gasteiger partial charge in [-0.15, -0.1) is 0 Å². The van der Waals surface area contributed by atoms with Crippen molar-refractivity contribution >= 4 is 10.2 Å². The fourth-order valence-electron chi connectivity index (χ4n) is 1.40. The lowest BCUT2D eigenvalue weighted by molar-refractivity contribution is 0.204. The van der Waals surface area contributed by atoms with Crippen LogP contribution >= 0.6 is 0 Å². The molecule has 0 aromatic carbocycles. The molecule has 0 bridgehead atoms. The smallest absolute Gasteiger partial charge is 0.282 e. The maximum absolute atomic E-state index is 12.0. The van der Waals surface area contributed by atoms with E-state index in [1.807, 2.05) is 0 Å². The molecule has 90 valence electrons. The second-order valence-electron chi connectivity index (χ2n) is 3.70. The molecule has 0 radical (unpaired) electrons. The van der Waals surface area contributed by atoms with E-state index in [2.05, 4.69) is 5.32 Å². The van der Waals surface area contributed by atoms with Gasteiger partial charge in [0, 0.05) is 39.3 Å². The molecule has 2 N–H and O–H groups in total. The van der Waals surface area contributed by atoms with Crippen molar-refractivity contribution in [2.24, 2.45) is 0 Å². The van der Waals surface area contributed by atoms with E-state index in [-0.39, 0.29) is 12.6 Å². The molecule has 0 aromatic heterocycles. The molecular weight excluding hydrogens is 218 g/mol. The summed E-state index contributed by atoms with van der Waals surface area (Å²) in [5.74, 6) is 0. The van der Waals surface area contributed by atoms with Crippen LogP contribution in [-0.4, -0.2) is 68.0 Å². The lowest BCUT2D eigenvalue weighted by Gasteiger charge is -2.32. The molecule has 1 atom stereocenters. The van der Waals surface area contributed by atoms with Gasteiger partial charge in [0.25, 0.3) is 10.2 Å². The van der Waals surface area contributed by atoms with Crippen molar-refractivity contribution in [2.45, 2.75) is 13.0 Å². The Morgan fingerprint density at radius 1 is 1.47 bits per heavy atom. The van der Waals surface area contributed by atoms with E-state index in [0.29, 0.717) is 26.2 Å². The zero-order valence-electron chi connectivity index (χ0n) is 9.18. The Hall–Kier alpha value is -0.210. The van der Waals surface area contributed by atoms with Crippen molar-refractivity contribution < 1.29 is 13.5 Å². The third-order valence-electron chi connectivity index (χ3n) is 2.65. The summed E-state index contributed by atoms with van der Waals surface area (Å²) in [4.78, 5) is 0. The number of aliphatic hydroxyl groups excluding tert-OH is 1. The van der Waals surface area contributed by atoms with Crippen LogP contribution in [0.25, 0.3) is 0 Å². The van der Waals surface area contributed by atoms with Crippen molar-refractivity contribution in [3.8, 4) is 0 Å². The van der Waals surface area contributed by atoms with Crippen LogP contribution in [-0.2, 0) is 10.2 Å². The Morgan fingerprint density at radius 3 is 2.47 bits per heavy atom. The van der Waals surface area contributed by atoms with E-state index in [0.717, 1.165) is 0 Å². The van der Waals surface area contributed by atoms with Gasteiger partial charge in [-0.1, -0.05) is 0 Å². The molecule has 0 amide bonds. The summed E-state index contributed by atoms with van der Waals surface area (Å²) in [6, 6.07) is -0.384. The van der Waals surface area contributed by atoms with Crippen molar-refractivity contribution in [1.82, 2.24) is 13.9 Å². The molecule has 1 fully saturated rings. The Labute approximate surface area is 91.0 Å². The predicted octanol–water partition coefficient (Wildman–Crippen LogP) is -1.55. The average molecular weight is 237 g/mol. The van der Waals surface area contributed by atoms with Gasteiger partial charge < -0.3 is 10.4 Å². The first kappa shape index (κ1) is 12.9. The van der Waals surface area contributed by atoms with Crippen LogP contribution in [0.4, 0.5) is 0 Å². The van der Waals surface area contributed by atoms with Crippen molar-refractivity contribution in [3.05, 3.63) is 0 Å². The standard InChI is InChI=1S/C8H19N3O3S/c1-8(7-12)10(2)15(13,14)11-5-3-9-4-6-11/h8-9,12H,3-7H2,1-2H3. The maximum Gasteiger partial charge on any atom is 0.282 e. The monoisotopic (exact) mass is 237 g/mol. The van der Waals surface area contributed by atoms with Gasteiger partial charge in [0.1, 0.15) is 0 Å². The normalized spacial score (nSPS) is 21.9. The number of hydrogen-bond donors (Lipinski definition) is 2. The third-order valence-corrected chi connectivity index (χ3v) is 4.76. The fraction of sp³-hybridized carbons (Fsp3) is 1.00. The number of nitrogens with zero attached hydrogens (tertiary/aromatic N) is 2. The molecule has 1 rings (SSSR count).